The lowest BCUT2D eigenvalue weighted by Crippen LogP contribution is -2.57. The zero-order valence-corrected chi connectivity index (χ0v) is 31.6. The van der Waals surface area contributed by atoms with Gasteiger partial charge in [-0.05, 0) is 75.3 Å². The average Bonchev–Trinajstić information content (AvgIpc) is 3.77. The second-order valence-electron chi connectivity index (χ2n) is 15.5. The van der Waals surface area contributed by atoms with Crippen LogP contribution in [0.1, 0.15) is 53.4 Å². The molecule has 5 N–H and O–H groups in total. The minimum atomic E-state index is -0.633. The fourth-order valence-electron chi connectivity index (χ4n) is 7.56. The molecule has 2 aromatic carbocycles. The van der Waals surface area contributed by atoms with Crippen LogP contribution in [0.4, 0.5) is 22.9 Å². The molecule has 1 aliphatic carbocycles. The largest absolute Gasteiger partial charge is 0.494 e. The van der Waals surface area contributed by atoms with Gasteiger partial charge in [0, 0.05) is 68.5 Å². The van der Waals surface area contributed by atoms with Crippen molar-refractivity contribution in [3.8, 4) is 5.75 Å². The number of fused-ring (bicyclic) bond motifs is 1. The van der Waals surface area contributed by atoms with Crippen molar-refractivity contribution in [2.75, 3.05) is 69.0 Å². The van der Waals surface area contributed by atoms with Gasteiger partial charge in [0.15, 0.2) is 0 Å². The van der Waals surface area contributed by atoms with Crippen molar-refractivity contribution in [1.29, 1.82) is 0 Å². The standard InChI is InChI=1S/C38H54ClN9O3/c1-23(41-5)34(40)33(38(2,3)4)37(50)48-13-7-8-31(48)36(49)45-29-19-26-28(20-32(29)51-6)42-22-43-35(26)44-25-11-12-30(27(39)18-25)47-16-14-46(15-17-47)21-24-9-10-24/h11-12,18-20,22-24,31,33-34,41H,7-10,13-17,21,40H2,1-6H3,(H,45,49)(H,42,43,44)/t23-,31-,33-,34?/m0/s1. The van der Waals surface area contributed by atoms with Crippen LogP contribution in [0.15, 0.2) is 36.7 Å². The van der Waals surface area contributed by atoms with E-state index in [0.29, 0.717) is 46.1 Å². The zero-order chi connectivity index (χ0) is 36.4. The molecule has 276 valence electrons. The molecule has 12 nitrogen and oxygen atoms in total. The highest BCUT2D eigenvalue weighted by atomic mass is 35.5. The number of nitrogens with zero attached hydrogens (tertiary/aromatic N) is 5. The average molecular weight is 720 g/mol. The molecule has 3 fully saturated rings. The number of anilines is 4. The summed E-state index contributed by atoms with van der Waals surface area (Å²) >= 11 is 6.85. The molecule has 2 saturated heterocycles. The molecular formula is C38H54ClN9O3. The number of aromatic nitrogens is 2. The first-order chi connectivity index (χ1) is 24.4. The number of likely N-dealkylation sites (tertiary alicyclic amines) is 1. The number of amides is 2. The number of benzene rings is 2. The molecule has 3 aliphatic rings. The minimum Gasteiger partial charge on any atom is -0.494 e. The second kappa shape index (κ2) is 15.5. The zero-order valence-electron chi connectivity index (χ0n) is 30.8. The normalized spacial score (nSPS) is 20.3. The molecule has 0 bridgehead atoms. The van der Waals surface area contributed by atoms with Gasteiger partial charge in [-0.1, -0.05) is 32.4 Å². The number of hydrogen-bond donors (Lipinski definition) is 4. The molecule has 6 rings (SSSR count). The lowest BCUT2D eigenvalue weighted by molar-refractivity contribution is -0.144. The van der Waals surface area contributed by atoms with E-state index in [9.17, 15) is 9.59 Å². The summed E-state index contributed by atoms with van der Waals surface area (Å²) in [6.07, 6.45) is 5.53. The van der Waals surface area contributed by atoms with Gasteiger partial charge < -0.3 is 36.2 Å². The third-order valence-electron chi connectivity index (χ3n) is 10.8. The molecule has 3 heterocycles. The first-order valence-electron chi connectivity index (χ1n) is 18.3. The summed E-state index contributed by atoms with van der Waals surface area (Å²) in [5.74, 6) is 1.07. The maximum atomic E-state index is 14.1. The van der Waals surface area contributed by atoms with Gasteiger partial charge in [-0.25, -0.2) is 9.97 Å². The number of carbonyl (C=O) groups is 2. The van der Waals surface area contributed by atoms with E-state index in [-0.39, 0.29) is 17.9 Å². The maximum absolute atomic E-state index is 14.1. The van der Waals surface area contributed by atoms with E-state index in [2.05, 4.69) is 41.8 Å². The van der Waals surface area contributed by atoms with Gasteiger partial charge in [0.2, 0.25) is 11.8 Å². The Bertz CT molecular complexity index is 1720. The number of hydrogen-bond acceptors (Lipinski definition) is 10. The van der Waals surface area contributed by atoms with Crippen LogP contribution in [0.3, 0.4) is 0 Å². The van der Waals surface area contributed by atoms with E-state index in [0.717, 1.165) is 49.9 Å². The fraction of sp³-hybridized carbons (Fsp3) is 0.579. The summed E-state index contributed by atoms with van der Waals surface area (Å²) in [6, 6.07) is 8.46. The molecule has 1 unspecified atom stereocenters. The lowest BCUT2D eigenvalue weighted by Gasteiger charge is -2.40. The number of ether oxygens (including phenoxy) is 1. The molecule has 0 radical (unpaired) electrons. The maximum Gasteiger partial charge on any atom is 0.247 e. The van der Waals surface area contributed by atoms with Crippen LogP contribution in [-0.2, 0) is 9.59 Å². The van der Waals surface area contributed by atoms with Gasteiger partial charge in [-0.15, -0.1) is 0 Å². The van der Waals surface area contributed by atoms with Crippen LogP contribution in [0.2, 0.25) is 5.02 Å². The minimum absolute atomic E-state index is 0.0775. The number of likely N-dealkylation sites (N-methyl/N-ethyl adjacent to an activating group) is 1. The number of rotatable bonds is 12. The van der Waals surface area contributed by atoms with Crippen molar-refractivity contribution >= 4 is 57.2 Å². The van der Waals surface area contributed by atoms with Crippen molar-refractivity contribution in [2.24, 2.45) is 23.0 Å². The van der Waals surface area contributed by atoms with Crippen LogP contribution in [0.25, 0.3) is 10.9 Å². The Morgan fingerprint density at radius 3 is 2.45 bits per heavy atom. The van der Waals surface area contributed by atoms with Gasteiger partial charge >= 0.3 is 0 Å². The number of methoxy groups -OCH3 is 1. The van der Waals surface area contributed by atoms with E-state index in [1.54, 1.807) is 18.1 Å². The SMILES string of the molecule is CN[C@@H](C)C(N)[C@@H](C(=O)N1CCC[C@H]1C(=O)Nc1cc2c(Nc3ccc(N4CCN(CC5CC5)CC4)c(Cl)c3)ncnc2cc1OC)C(C)(C)C. The molecular weight excluding hydrogens is 666 g/mol. The molecule has 51 heavy (non-hydrogen) atoms. The van der Waals surface area contributed by atoms with Crippen molar-refractivity contribution < 1.29 is 14.3 Å². The number of halogens is 1. The monoisotopic (exact) mass is 719 g/mol. The Hall–Kier alpha value is -3.71. The Labute approximate surface area is 306 Å². The smallest absolute Gasteiger partial charge is 0.247 e. The molecule has 1 aromatic heterocycles. The third kappa shape index (κ3) is 8.35. The van der Waals surface area contributed by atoms with Crippen molar-refractivity contribution in [3.05, 3.63) is 41.7 Å². The van der Waals surface area contributed by atoms with Crippen LogP contribution in [0, 0.1) is 17.3 Å². The fourth-order valence-corrected chi connectivity index (χ4v) is 7.86. The number of nitrogens with one attached hydrogen (secondary N) is 3. The molecule has 0 spiro atoms. The Kier molecular flexibility index (Phi) is 11.3. The quantitative estimate of drug-likeness (QED) is 0.200. The topological polar surface area (TPSA) is 141 Å². The molecule has 4 atom stereocenters. The molecule has 2 amide bonds. The van der Waals surface area contributed by atoms with Gasteiger partial charge in [-0.3, -0.25) is 14.5 Å². The van der Waals surface area contributed by atoms with Gasteiger partial charge in [0.25, 0.3) is 0 Å². The van der Waals surface area contributed by atoms with Crippen LogP contribution in [0.5, 0.6) is 5.75 Å². The van der Waals surface area contributed by atoms with E-state index in [1.165, 1.54) is 25.7 Å². The molecule has 13 heteroatoms. The van der Waals surface area contributed by atoms with Crippen molar-refractivity contribution in [2.45, 2.75) is 71.5 Å². The first kappa shape index (κ1) is 37.1. The van der Waals surface area contributed by atoms with Crippen LogP contribution in [-0.4, -0.2) is 103 Å². The number of piperazine rings is 1. The Morgan fingerprint density at radius 1 is 1.06 bits per heavy atom. The highest BCUT2D eigenvalue weighted by Crippen LogP contribution is 2.37. The van der Waals surface area contributed by atoms with Gasteiger partial charge in [0.05, 0.1) is 34.9 Å². The van der Waals surface area contributed by atoms with E-state index >= 15 is 0 Å². The summed E-state index contributed by atoms with van der Waals surface area (Å²) in [5.41, 5.74) is 9.18. The summed E-state index contributed by atoms with van der Waals surface area (Å²) < 4.78 is 5.69. The number of carbonyl (C=O) groups excluding carboxylic acids is 2. The Morgan fingerprint density at radius 2 is 1.80 bits per heavy atom. The van der Waals surface area contributed by atoms with E-state index < -0.39 is 23.4 Å². The number of nitrogens with two attached hydrogens (primary N) is 1. The van der Waals surface area contributed by atoms with Gasteiger partial charge in [-0.2, -0.15) is 0 Å². The van der Waals surface area contributed by atoms with Crippen molar-refractivity contribution in [1.82, 2.24) is 25.1 Å². The van der Waals surface area contributed by atoms with Crippen molar-refractivity contribution in [3.63, 3.8) is 0 Å². The predicted molar refractivity (Wildman–Crippen MR) is 205 cm³/mol. The summed E-state index contributed by atoms with van der Waals surface area (Å²) in [5, 5.41) is 11.0. The molecule has 1 saturated carbocycles. The predicted octanol–water partition coefficient (Wildman–Crippen LogP) is 5.09. The summed E-state index contributed by atoms with van der Waals surface area (Å²) in [6.45, 7) is 13.8. The lowest BCUT2D eigenvalue weighted by atomic mass is 9.73. The Balaban J connectivity index is 1.19. The summed E-state index contributed by atoms with van der Waals surface area (Å²) in [7, 11) is 3.39. The molecule has 3 aromatic rings. The first-order valence-corrected chi connectivity index (χ1v) is 18.7. The van der Waals surface area contributed by atoms with Crippen LogP contribution < -0.4 is 31.3 Å². The second-order valence-corrected chi connectivity index (χ2v) is 15.9. The van der Waals surface area contributed by atoms with Gasteiger partial charge in [0.1, 0.15) is 23.9 Å². The highest BCUT2D eigenvalue weighted by molar-refractivity contribution is 6.33. The third-order valence-corrected chi connectivity index (χ3v) is 11.1. The molecule has 2 aliphatic heterocycles. The van der Waals surface area contributed by atoms with E-state index in [4.69, 9.17) is 22.1 Å². The van der Waals surface area contributed by atoms with E-state index in [1.807, 2.05) is 52.9 Å². The summed E-state index contributed by atoms with van der Waals surface area (Å²) in [4.78, 5) is 43.7. The van der Waals surface area contributed by atoms with Crippen LogP contribution >= 0.6 is 11.6 Å². The highest BCUT2D eigenvalue weighted by Gasteiger charge is 2.45.